The quantitative estimate of drug-likeness (QED) is 0.726. The first-order valence-corrected chi connectivity index (χ1v) is 6.80. The van der Waals surface area contributed by atoms with Gasteiger partial charge in [-0.15, -0.1) is 0 Å². The first-order chi connectivity index (χ1) is 10.6. The second kappa shape index (κ2) is 4.59. The number of ketones is 1. The average molecular weight is 298 g/mol. The van der Waals surface area contributed by atoms with Crippen LogP contribution in [0.2, 0.25) is 0 Å². The van der Waals surface area contributed by atoms with Gasteiger partial charge in [0.2, 0.25) is 5.88 Å². The molecule has 7 heteroatoms. The molecule has 2 heterocycles. The van der Waals surface area contributed by atoms with E-state index in [-0.39, 0.29) is 17.4 Å². The fraction of sp³-hybridized carbons (Fsp3) is 0.200. The number of hydrogen-bond donors (Lipinski definition) is 0. The summed E-state index contributed by atoms with van der Waals surface area (Å²) >= 11 is 0. The minimum absolute atomic E-state index is 0.0304. The summed E-state index contributed by atoms with van der Waals surface area (Å²) in [6.07, 6.45) is 3.66. The van der Waals surface area contributed by atoms with Crippen molar-refractivity contribution in [2.24, 2.45) is 7.05 Å². The van der Waals surface area contributed by atoms with E-state index >= 15 is 0 Å². The second-order valence-corrected chi connectivity index (χ2v) is 5.11. The van der Waals surface area contributed by atoms with Crippen molar-refractivity contribution in [2.75, 3.05) is 0 Å². The molecule has 6 nitrogen and oxygen atoms in total. The molecule has 0 fully saturated rings. The van der Waals surface area contributed by atoms with E-state index in [4.69, 9.17) is 4.74 Å². The fourth-order valence-electron chi connectivity index (χ4n) is 2.68. The van der Waals surface area contributed by atoms with Crippen LogP contribution in [0, 0.1) is 5.82 Å². The summed E-state index contributed by atoms with van der Waals surface area (Å²) in [4.78, 5) is 19.8. The minimum Gasteiger partial charge on any atom is -0.435 e. The molecular formula is C15H11FN4O2. The zero-order valence-corrected chi connectivity index (χ0v) is 11.7. The van der Waals surface area contributed by atoms with E-state index in [1.807, 2.05) is 0 Å². The van der Waals surface area contributed by atoms with Gasteiger partial charge in [-0.25, -0.2) is 14.4 Å². The third-order valence-corrected chi connectivity index (χ3v) is 3.81. The zero-order valence-electron chi connectivity index (χ0n) is 11.7. The number of aromatic nitrogens is 4. The zero-order chi connectivity index (χ0) is 15.3. The number of hydrogen-bond acceptors (Lipinski definition) is 5. The van der Waals surface area contributed by atoms with Crippen molar-refractivity contribution in [1.82, 2.24) is 19.7 Å². The normalized spacial score (nSPS) is 13.6. The third kappa shape index (κ3) is 1.78. The number of benzene rings is 1. The van der Waals surface area contributed by atoms with Gasteiger partial charge in [0.05, 0.1) is 6.20 Å². The monoisotopic (exact) mass is 298 g/mol. The standard InChI is InChI=1S/C15H11FN4O2/c1-20-14-10(6-19-20)15(18-7-17-14)22-12-5-3-8-9(13(12)16)2-4-11(8)21/h3,5-7H,2,4H2,1H3. The highest BCUT2D eigenvalue weighted by molar-refractivity contribution is 6.00. The van der Waals surface area contributed by atoms with Crippen LogP contribution in [0.1, 0.15) is 22.3 Å². The highest BCUT2D eigenvalue weighted by atomic mass is 19.1. The van der Waals surface area contributed by atoms with E-state index in [0.717, 1.165) is 0 Å². The van der Waals surface area contributed by atoms with Crippen molar-refractivity contribution in [3.05, 3.63) is 41.6 Å². The lowest BCUT2D eigenvalue weighted by Gasteiger charge is -2.09. The van der Waals surface area contributed by atoms with E-state index in [9.17, 15) is 9.18 Å². The van der Waals surface area contributed by atoms with Crippen molar-refractivity contribution < 1.29 is 13.9 Å². The van der Waals surface area contributed by atoms with E-state index in [2.05, 4.69) is 15.1 Å². The Labute approximate surface area is 124 Å². The van der Waals surface area contributed by atoms with Crippen LogP contribution in [0.4, 0.5) is 4.39 Å². The summed E-state index contributed by atoms with van der Waals surface area (Å²) in [5, 5.41) is 4.68. The molecule has 0 N–H and O–H groups in total. The summed E-state index contributed by atoms with van der Waals surface area (Å²) in [6.45, 7) is 0. The Morgan fingerprint density at radius 3 is 3.00 bits per heavy atom. The van der Waals surface area contributed by atoms with Crippen LogP contribution in [0.3, 0.4) is 0 Å². The molecule has 0 atom stereocenters. The highest BCUT2D eigenvalue weighted by Crippen LogP contribution is 2.34. The van der Waals surface area contributed by atoms with Gasteiger partial charge in [0.15, 0.2) is 23.0 Å². The van der Waals surface area contributed by atoms with Gasteiger partial charge in [0.25, 0.3) is 0 Å². The molecule has 1 aromatic carbocycles. The Hall–Kier alpha value is -2.83. The van der Waals surface area contributed by atoms with Gasteiger partial charge in [-0.05, 0) is 18.6 Å². The largest absolute Gasteiger partial charge is 0.435 e. The van der Waals surface area contributed by atoms with Crippen LogP contribution >= 0.6 is 0 Å². The average Bonchev–Trinajstić information content (AvgIpc) is 3.08. The van der Waals surface area contributed by atoms with E-state index in [0.29, 0.717) is 35.0 Å². The predicted octanol–water partition coefficient (Wildman–Crippen LogP) is 2.42. The van der Waals surface area contributed by atoms with Crippen LogP contribution < -0.4 is 4.74 Å². The molecule has 0 saturated heterocycles. The lowest BCUT2D eigenvalue weighted by Crippen LogP contribution is -1.98. The maximum absolute atomic E-state index is 14.5. The van der Waals surface area contributed by atoms with Crippen molar-refractivity contribution >= 4 is 16.8 Å². The van der Waals surface area contributed by atoms with Gasteiger partial charge in [-0.1, -0.05) is 0 Å². The number of ether oxygens (including phenoxy) is 1. The van der Waals surface area contributed by atoms with E-state index in [1.54, 1.807) is 24.0 Å². The Morgan fingerprint density at radius 1 is 1.27 bits per heavy atom. The van der Waals surface area contributed by atoms with Crippen LogP contribution in [0.5, 0.6) is 11.6 Å². The number of fused-ring (bicyclic) bond motifs is 2. The maximum Gasteiger partial charge on any atom is 0.233 e. The van der Waals surface area contributed by atoms with Crippen molar-refractivity contribution in [2.45, 2.75) is 12.8 Å². The summed E-state index contributed by atoms with van der Waals surface area (Å²) in [6, 6.07) is 3.06. The van der Waals surface area contributed by atoms with Gasteiger partial charge in [0, 0.05) is 24.6 Å². The molecule has 22 heavy (non-hydrogen) atoms. The van der Waals surface area contributed by atoms with Crippen molar-refractivity contribution in [3.63, 3.8) is 0 Å². The number of Topliss-reactive ketones (excluding diaryl/α,β-unsaturated/α-hetero) is 1. The summed E-state index contributed by atoms with van der Waals surface area (Å²) in [7, 11) is 1.75. The molecule has 0 aliphatic heterocycles. The number of halogens is 1. The fourth-order valence-corrected chi connectivity index (χ4v) is 2.68. The highest BCUT2D eigenvalue weighted by Gasteiger charge is 2.25. The molecular weight excluding hydrogens is 287 g/mol. The molecule has 0 unspecified atom stereocenters. The predicted molar refractivity (Wildman–Crippen MR) is 75.4 cm³/mol. The van der Waals surface area contributed by atoms with E-state index in [1.165, 1.54) is 12.4 Å². The SMILES string of the molecule is Cn1ncc2c(Oc3ccc4c(c3F)CCC4=O)ncnc21. The third-order valence-electron chi connectivity index (χ3n) is 3.81. The topological polar surface area (TPSA) is 69.9 Å². The van der Waals surface area contributed by atoms with Crippen LogP contribution in [0.15, 0.2) is 24.7 Å². The van der Waals surface area contributed by atoms with Gasteiger partial charge in [0.1, 0.15) is 11.7 Å². The second-order valence-electron chi connectivity index (χ2n) is 5.11. The number of carbonyl (C=O) groups excluding carboxylic acids is 1. The molecule has 2 aromatic heterocycles. The van der Waals surface area contributed by atoms with Gasteiger partial charge >= 0.3 is 0 Å². The Kier molecular flexibility index (Phi) is 2.69. The molecule has 0 radical (unpaired) electrons. The van der Waals surface area contributed by atoms with Gasteiger partial charge < -0.3 is 4.74 Å². The Bertz CT molecular complexity index is 919. The van der Waals surface area contributed by atoms with Gasteiger partial charge in [-0.3, -0.25) is 9.48 Å². The molecule has 0 spiro atoms. The van der Waals surface area contributed by atoms with Crippen LogP contribution in [-0.2, 0) is 13.5 Å². The first-order valence-electron chi connectivity index (χ1n) is 6.80. The molecule has 3 aromatic rings. The summed E-state index contributed by atoms with van der Waals surface area (Å²) < 4.78 is 21.7. The molecule has 1 aliphatic rings. The molecule has 110 valence electrons. The lowest BCUT2D eigenvalue weighted by atomic mass is 10.1. The number of carbonyl (C=O) groups is 1. The summed E-state index contributed by atoms with van der Waals surface area (Å²) in [5.74, 6) is -0.241. The molecule has 1 aliphatic carbocycles. The molecule has 0 amide bonds. The Morgan fingerprint density at radius 2 is 2.14 bits per heavy atom. The number of nitrogens with zero attached hydrogens (tertiary/aromatic N) is 4. The molecule has 0 bridgehead atoms. The summed E-state index contributed by atoms with van der Waals surface area (Å²) in [5.41, 5.74) is 1.46. The van der Waals surface area contributed by atoms with Crippen LogP contribution in [-0.4, -0.2) is 25.5 Å². The molecule has 0 saturated carbocycles. The van der Waals surface area contributed by atoms with Crippen LogP contribution in [0.25, 0.3) is 11.0 Å². The number of rotatable bonds is 2. The molecule has 4 rings (SSSR count). The van der Waals surface area contributed by atoms with Crippen molar-refractivity contribution in [3.8, 4) is 11.6 Å². The minimum atomic E-state index is -0.501. The van der Waals surface area contributed by atoms with Crippen molar-refractivity contribution in [1.29, 1.82) is 0 Å². The lowest BCUT2D eigenvalue weighted by molar-refractivity contribution is 0.0994. The first kappa shape index (κ1) is 12.9. The van der Waals surface area contributed by atoms with Gasteiger partial charge in [-0.2, -0.15) is 5.10 Å². The Balaban J connectivity index is 1.79. The smallest absolute Gasteiger partial charge is 0.233 e. The number of aryl methyl sites for hydroxylation is 1. The maximum atomic E-state index is 14.5. The van der Waals surface area contributed by atoms with E-state index < -0.39 is 5.82 Å².